The number of urea groups is 1. The fraction of sp³-hybridized carbons (Fsp3) is 0.587. The number of carboxylic acids is 1. The SMILES string of the molecule is CCC.CCCC[C@@H](NC(=O)CNC(=O)CNC(=O)N1CCCCCC1)C(=O)NCC(=O)O.COC(=O)N1CC(C)c2ccccc21.COc1ccccc1N1CCN(C(C)=O)CC1. The number of carbonyl (C=O) groups is 7. The van der Waals surface area contributed by atoms with E-state index in [2.05, 4.69) is 59.1 Å². The highest BCUT2D eigenvalue weighted by molar-refractivity contribution is 5.92. The zero-order valence-electron chi connectivity index (χ0n) is 38.9. The summed E-state index contributed by atoms with van der Waals surface area (Å²) in [6.07, 6.45) is 6.86. The molecule has 2 aromatic carbocycles. The molecule has 18 nitrogen and oxygen atoms in total. The van der Waals surface area contributed by atoms with Crippen LogP contribution in [0.3, 0.4) is 0 Å². The molecule has 356 valence electrons. The molecule has 64 heavy (non-hydrogen) atoms. The summed E-state index contributed by atoms with van der Waals surface area (Å²) in [6, 6.07) is 14.8. The number of amides is 7. The molecule has 1 unspecified atom stereocenters. The number of hydrogen-bond donors (Lipinski definition) is 5. The summed E-state index contributed by atoms with van der Waals surface area (Å²) >= 11 is 0. The Bertz CT molecular complexity index is 1780. The summed E-state index contributed by atoms with van der Waals surface area (Å²) in [5.41, 5.74) is 3.31. The fourth-order valence-corrected chi connectivity index (χ4v) is 7.05. The third kappa shape index (κ3) is 19.1. The van der Waals surface area contributed by atoms with E-state index in [9.17, 15) is 33.6 Å². The Labute approximate surface area is 378 Å². The number of anilines is 2. The minimum Gasteiger partial charge on any atom is -0.495 e. The quantitative estimate of drug-likeness (QED) is 0.185. The number of unbranched alkanes of at least 4 members (excludes halogenated alkanes) is 1. The first-order valence-corrected chi connectivity index (χ1v) is 22.4. The van der Waals surface area contributed by atoms with Crippen molar-refractivity contribution in [3.8, 4) is 5.75 Å². The number of piperazine rings is 1. The molecule has 0 saturated carbocycles. The smallest absolute Gasteiger partial charge is 0.414 e. The first-order valence-electron chi connectivity index (χ1n) is 22.4. The van der Waals surface area contributed by atoms with Crippen molar-refractivity contribution in [2.75, 3.05) is 89.5 Å². The number of likely N-dealkylation sites (tertiary alicyclic amines) is 1. The van der Waals surface area contributed by atoms with E-state index in [0.717, 1.165) is 75.4 Å². The maximum atomic E-state index is 12.1. The molecule has 0 radical (unpaired) electrons. The third-order valence-electron chi connectivity index (χ3n) is 10.4. The first kappa shape index (κ1) is 54.1. The predicted molar refractivity (Wildman–Crippen MR) is 247 cm³/mol. The van der Waals surface area contributed by atoms with Crippen molar-refractivity contribution in [1.29, 1.82) is 0 Å². The van der Waals surface area contributed by atoms with Crippen molar-refractivity contribution < 1.29 is 48.1 Å². The standard InChI is InChI=1S/C19H33N5O6.C13H18N2O2.C11H13NO2.C3H8/c1-2-3-8-14(18(29)21-13-17(27)28)23-16(26)12-20-15(25)11-22-19(30)24-9-6-4-5-7-10-24;1-11(16)14-7-9-15(10-8-14)12-5-3-4-6-13(12)17-2;1-8-7-12(11(13)14-2)10-6-4-3-5-9(8)10;1-3-2/h14H,2-13H2,1H3,(H,20,25)(H,21,29)(H,22,30)(H,23,26)(H,27,28);3-6H,7-10H2,1-2H3;3-6,8H,7H2,1-2H3;3H2,1-2H3/t14-;;;/m1.../s1. The summed E-state index contributed by atoms with van der Waals surface area (Å²) in [7, 11) is 3.10. The summed E-state index contributed by atoms with van der Waals surface area (Å²) in [6.45, 7) is 14.1. The van der Waals surface area contributed by atoms with Gasteiger partial charge >= 0.3 is 18.1 Å². The van der Waals surface area contributed by atoms with Crippen LogP contribution in [0, 0.1) is 0 Å². The molecule has 5 rings (SSSR count). The van der Waals surface area contributed by atoms with Crippen LogP contribution in [0.15, 0.2) is 48.5 Å². The number of hydrogen-bond acceptors (Lipinski definition) is 10. The summed E-state index contributed by atoms with van der Waals surface area (Å²) < 4.78 is 10.1. The molecule has 3 aliphatic rings. The van der Waals surface area contributed by atoms with Crippen LogP contribution in [-0.4, -0.2) is 142 Å². The third-order valence-corrected chi connectivity index (χ3v) is 10.4. The number of benzene rings is 2. The van der Waals surface area contributed by atoms with Gasteiger partial charge in [-0.15, -0.1) is 0 Å². The highest BCUT2D eigenvalue weighted by Crippen LogP contribution is 2.35. The molecule has 2 saturated heterocycles. The minimum atomic E-state index is -1.18. The van der Waals surface area contributed by atoms with Gasteiger partial charge in [0.05, 0.1) is 38.7 Å². The van der Waals surface area contributed by atoms with E-state index in [4.69, 9.17) is 14.6 Å². The number of ether oxygens (including phenoxy) is 2. The van der Waals surface area contributed by atoms with Crippen molar-refractivity contribution in [2.45, 2.75) is 97.9 Å². The minimum absolute atomic E-state index is 0.157. The second-order valence-corrected chi connectivity index (χ2v) is 15.6. The molecule has 0 bridgehead atoms. The maximum absolute atomic E-state index is 12.1. The Balaban J connectivity index is 0.000000346. The summed E-state index contributed by atoms with van der Waals surface area (Å²) in [5.74, 6) is -1.42. The van der Waals surface area contributed by atoms with Gasteiger partial charge in [0, 0.05) is 58.7 Å². The zero-order valence-corrected chi connectivity index (χ0v) is 38.9. The average Bonchev–Trinajstić information content (AvgIpc) is 3.43. The first-order chi connectivity index (χ1) is 30.7. The van der Waals surface area contributed by atoms with Crippen molar-refractivity contribution in [2.24, 2.45) is 0 Å². The Morgan fingerprint density at radius 2 is 1.33 bits per heavy atom. The van der Waals surface area contributed by atoms with Gasteiger partial charge in [0.2, 0.25) is 23.6 Å². The molecule has 2 fully saturated rings. The topological polar surface area (TPSA) is 219 Å². The molecule has 3 heterocycles. The van der Waals surface area contributed by atoms with Crippen LogP contribution in [0.1, 0.15) is 97.5 Å². The number of para-hydroxylation sites is 3. The molecule has 0 aliphatic carbocycles. The number of nitrogens with zero attached hydrogens (tertiary/aromatic N) is 4. The van der Waals surface area contributed by atoms with Crippen LogP contribution >= 0.6 is 0 Å². The van der Waals surface area contributed by atoms with Crippen molar-refractivity contribution >= 4 is 53.1 Å². The summed E-state index contributed by atoms with van der Waals surface area (Å²) in [5, 5.41) is 18.3. The average molecular weight is 897 g/mol. The zero-order chi connectivity index (χ0) is 47.4. The van der Waals surface area contributed by atoms with E-state index in [0.29, 0.717) is 38.4 Å². The van der Waals surface area contributed by atoms with Gasteiger partial charge in [-0.2, -0.15) is 0 Å². The van der Waals surface area contributed by atoms with Gasteiger partial charge < -0.3 is 50.5 Å². The molecule has 5 N–H and O–H groups in total. The molecule has 7 amide bonds. The van der Waals surface area contributed by atoms with Crippen LogP contribution in [0.25, 0.3) is 0 Å². The molecule has 0 aromatic heterocycles. The lowest BCUT2D eigenvalue weighted by Crippen LogP contribution is -2.51. The molecule has 18 heteroatoms. The van der Waals surface area contributed by atoms with E-state index < -0.39 is 36.3 Å². The van der Waals surface area contributed by atoms with Gasteiger partial charge in [-0.1, -0.05) is 90.1 Å². The van der Waals surface area contributed by atoms with Crippen LogP contribution in [-0.2, 0) is 28.7 Å². The Kier molecular flexibility index (Phi) is 25.4. The molecule has 2 atom stereocenters. The van der Waals surface area contributed by atoms with Gasteiger partial charge in [-0.25, -0.2) is 9.59 Å². The lowest BCUT2D eigenvalue weighted by molar-refractivity contribution is -0.138. The fourth-order valence-electron chi connectivity index (χ4n) is 7.05. The molecular weight excluding hydrogens is 825 g/mol. The van der Waals surface area contributed by atoms with Gasteiger partial charge in [-0.3, -0.25) is 28.9 Å². The monoisotopic (exact) mass is 897 g/mol. The molecule has 2 aromatic rings. The number of rotatable bonds is 13. The van der Waals surface area contributed by atoms with E-state index in [1.165, 1.54) is 19.1 Å². The lowest BCUT2D eigenvalue weighted by Gasteiger charge is -2.36. The molecular formula is C46H72N8O10. The maximum Gasteiger partial charge on any atom is 0.414 e. The second-order valence-electron chi connectivity index (χ2n) is 15.6. The normalized spacial score (nSPS) is 15.6. The Morgan fingerprint density at radius 1 is 0.734 bits per heavy atom. The number of aliphatic carboxylic acids is 1. The number of methoxy groups -OCH3 is 2. The highest BCUT2D eigenvalue weighted by atomic mass is 16.5. The van der Waals surface area contributed by atoms with Crippen LogP contribution < -0.4 is 35.8 Å². The Morgan fingerprint density at radius 3 is 1.91 bits per heavy atom. The Hall–Kier alpha value is -6.07. The second kappa shape index (κ2) is 30.1. The van der Waals surface area contributed by atoms with Crippen molar-refractivity contribution in [3.05, 3.63) is 54.1 Å². The van der Waals surface area contributed by atoms with E-state index >= 15 is 0 Å². The largest absolute Gasteiger partial charge is 0.495 e. The van der Waals surface area contributed by atoms with E-state index in [-0.39, 0.29) is 31.1 Å². The lowest BCUT2D eigenvalue weighted by atomic mass is 10.0. The number of carbonyl (C=O) groups excluding carboxylic acids is 6. The van der Waals surface area contributed by atoms with Crippen molar-refractivity contribution in [1.82, 2.24) is 31.1 Å². The summed E-state index contributed by atoms with van der Waals surface area (Å²) in [4.78, 5) is 88.9. The number of nitrogens with one attached hydrogen (secondary N) is 4. The van der Waals surface area contributed by atoms with Crippen molar-refractivity contribution in [3.63, 3.8) is 0 Å². The number of carboxylic acid groups (broad SMARTS) is 1. The highest BCUT2D eigenvalue weighted by Gasteiger charge is 2.30. The van der Waals surface area contributed by atoms with Crippen LogP contribution in [0.4, 0.5) is 21.0 Å². The number of fused-ring (bicyclic) bond motifs is 1. The van der Waals surface area contributed by atoms with Crippen LogP contribution in [0.2, 0.25) is 0 Å². The molecule has 0 spiro atoms. The van der Waals surface area contributed by atoms with E-state index in [1.807, 2.05) is 48.2 Å². The van der Waals surface area contributed by atoms with Crippen LogP contribution in [0.5, 0.6) is 5.75 Å². The van der Waals surface area contributed by atoms with Gasteiger partial charge in [0.1, 0.15) is 18.3 Å². The van der Waals surface area contributed by atoms with Gasteiger partial charge in [0.25, 0.3) is 0 Å². The predicted octanol–water partition coefficient (Wildman–Crippen LogP) is 4.72. The van der Waals surface area contributed by atoms with Gasteiger partial charge in [-0.05, 0) is 43.0 Å². The van der Waals surface area contributed by atoms with Gasteiger partial charge in [0.15, 0.2) is 0 Å². The molecule has 3 aliphatic heterocycles. The van der Waals surface area contributed by atoms with E-state index in [1.54, 1.807) is 23.8 Å².